The summed E-state index contributed by atoms with van der Waals surface area (Å²) in [6, 6.07) is 6.40. The fourth-order valence-electron chi connectivity index (χ4n) is 2.05. The van der Waals surface area contributed by atoms with E-state index in [4.69, 9.17) is 11.6 Å². The van der Waals surface area contributed by atoms with Gasteiger partial charge < -0.3 is 0 Å². The average molecular weight is 249 g/mol. The van der Waals surface area contributed by atoms with Crippen LogP contribution in [0.3, 0.4) is 0 Å². The first kappa shape index (κ1) is 12.2. The van der Waals surface area contributed by atoms with Gasteiger partial charge in [-0.3, -0.25) is 0 Å². The van der Waals surface area contributed by atoms with E-state index in [9.17, 15) is 0 Å². The zero-order valence-corrected chi connectivity index (χ0v) is 11.5. The fraction of sp³-hybridized carbons (Fsp3) is 0.357. The van der Waals surface area contributed by atoms with Gasteiger partial charge in [-0.15, -0.1) is 11.6 Å². The molecule has 0 aliphatic heterocycles. The zero-order chi connectivity index (χ0) is 12.6. The van der Waals surface area contributed by atoms with E-state index in [0.717, 1.165) is 22.6 Å². The number of rotatable bonds is 2. The second-order valence-corrected chi connectivity index (χ2v) is 4.75. The Kier molecular flexibility index (Phi) is 3.25. The van der Waals surface area contributed by atoms with Gasteiger partial charge in [-0.05, 0) is 44.9 Å². The van der Waals surface area contributed by atoms with Crippen LogP contribution in [-0.2, 0) is 5.88 Å². The van der Waals surface area contributed by atoms with E-state index in [2.05, 4.69) is 44.1 Å². The predicted octanol–water partition coefficient (Wildman–Crippen LogP) is 3.84. The lowest BCUT2D eigenvalue weighted by Crippen LogP contribution is -2.02. The molecule has 1 aromatic heterocycles. The highest BCUT2D eigenvalue weighted by atomic mass is 35.5. The molecule has 0 N–H and O–H groups in total. The number of nitrogens with zero attached hydrogens (tertiary/aromatic N) is 2. The maximum absolute atomic E-state index is 5.96. The molecule has 17 heavy (non-hydrogen) atoms. The third-order valence-electron chi connectivity index (χ3n) is 3.17. The van der Waals surface area contributed by atoms with Gasteiger partial charge in [0.05, 0.1) is 17.3 Å². The van der Waals surface area contributed by atoms with E-state index in [1.54, 1.807) is 0 Å². The normalized spacial score (nSPS) is 10.9. The molecule has 0 unspecified atom stereocenters. The minimum absolute atomic E-state index is 0.516. The summed E-state index contributed by atoms with van der Waals surface area (Å²) in [7, 11) is 0. The Morgan fingerprint density at radius 2 is 1.88 bits per heavy atom. The van der Waals surface area contributed by atoms with Gasteiger partial charge in [0.15, 0.2) is 0 Å². The molecular formula is C14H17ClN2. The average Bonchev–Trinajstić information content (AvgIpc) is 2.57. The maximum atomic E-state index is 5.96. The van der Waals surface area contributed by atoms with Crippen molar-refractivity contribution in [2.75, 3.05) is 0 Å². The number of alkyl halides is 1. The van der Waals surface area contributed by atoms with Gasteiger partial charge in [0.25, 0.3) is 0 Å². The quantitative estimate of drug-likeness (QED) is 0.739. The summed E-state index contributed by atoms with van der Waals surface area (Å²) >= 11 is 5.96. The highest BCUT2D eigenvalue weighted by Crippen LogP contribution is 2.22. The molecule has 0 spiro atoms. The van der Waals surface area contributed by atoms with E-state index >= 15 is 0 Å². The summed E-state index contributed by atoms with van der Waals surface area (Å²) < 4.78 is 2.00. The second-order valence-electron chi connectivity index (χ2n) is 4.48. The Balaban J connectivity index is 2.64. The van der Waals surface area contributed by atoms with Crippen molar-refractivity contribution in [3.8, 4) is 5.69 Å². The van der Waals surface area contributed by atoms with Crippen molar-refractivity contribution in [3.63, 3.8) is 0 Å². The van der Waals surface area contributed by atoms with E-state index in [0.29, 0.717) is 5.88 Å². The summed E-state index contributed by atoms with van der Waals surface area (Å²) in [4.78, 5) is 0. The molecule has 0 atom stereocenters. The Hall–Kier alpha value is -1.28. The number of aryl methyl sites for hydroxylation is 3. The predicted molar refractivity (Wildman–Crippen MR) is 72.1 cm³/mol. The van der Waals surface area contributed by atoms with Gasteiger partial charge in [0, 0.05) is 11.3 Å². The molecule has 2 rings (SSSR count). The first-order valence-electron chi connectivity index (χ1n) is 5.73. The fourth-order valence-corrected chi connectivity index (χ4v) is 2.44. The Labute approximate surface area is 107 Å². The molecule has 1 heterocycles. The van der Waals surface area contributed by atoms with Crippen molar-refractivity contribution in [2.24, 2.45) is 0 Å². The molecule has 90 valence electrons. The number of hydrogen-bond donors (Lipinski definition) is 0. The number of benzene rings is 1. The Bertz CT molecular complexity index is 556. The molecule has 0 saturated heterocycles. The van der Waals surface area contributed by atoms with Crippen LogP contribution < -0.4 is 0 Å². The Morgan fingerprint density at radius 3 is 2.47 bits per heavy atom. The summed E-state index contributed by atoms with van der Waals surface area (Å²) in [5.41, 5.74) is 6.88. The van der Waals surface area contributed by atoms with Crippen molar-refractivity contribution in [1.29, 1.82) is 0 Å². The summed E-state index contributed by atoms with van der Waals surface area (Å²) in [5, 5.41) is 4.59. The van der Waals surface area contributed by atoms with Crippen molar-refractivity contribution in [2.45, 2.75) is 33.6 Å². The summed E-state index contributed by atoms with van der Waals surface area (Å²) in [6.45, 7) is 8.27. The number of halogens is 1. The lowest BCUT2D eigenvalue weighted by atomic mass is 10.1. The van der Waals surface area contributed by atoms with Crippen LogP contribution in [0.15, 0.2) is 18.2 Å². The largest absolute Gasteiger partial charge is 0.237 e. The lowest BCUT2D eigenvalue weighted by molar-refractivity contribution is 0.826. The van der Waals surface area contributed by atoms with Crippen LogP contribution >= 0.6 is 11.6 Å². The van der Waals surface area contributed by atoms with Crippen LogP contribution in [0.2, 0.25) is 0 Å². The molecule has 0 radical (unpaired) electrons. The van der Waals surface area contributed by atoms with E-state index in [1.165, 1.54) is 11.1 Å². The van der Waals surface area contributed by atoms with Crippen molar-refractivity contribution < 1.29 is 0 Å². The van der Waals surface area contributed by atoms with Crippen molar-refractivity contribution >= 4 is 11.6 Å². The molecule has 0 amide bonds. The van der Waals surface area contributed by atoms with Crippen LogP contribution in [0.25, 0.3) is 5.69 Å². The minimum Gasteiger partial charge on any atom is -0.237 e. The molecule has 0 aliphatic carbocycles. The van der Waals surface area contributed by atoms with Gasteiger partial charge in [-0.1, -0.05) is 12.1 Å². The number of hydrogen-bond acceptors (Lipinski definition) is 1. The molecule has 0 saturated carbocycles. The second kappa shape index (κ2) is 4.53. The highest BCUT2D eigenvalue weighted by molar-refractivity contribution is 6.17. The summed E-state index contributed by atoms with van der Waals surface area (Å²) in [6.07, 6.45) is 0. The molecule has 2 nitrogen and oxygen atoms in total. The molecule has 3 heteroatoms. The first-order valence-corrected chi connectivity index (χ1v) is 6.26. The number of aromatic nitrogens is 2. The molecular weight excluding hydrogens is 232 g/mol. The summed E-state index contributed by atoms with van der Waals surface area (Å²) in [5.74, 6) is 0.516. The topological polar surface area (TPSA) is 17.8 Å². The molecule has 0 fully saturated rings. The smallest absolute Gasteiger partial charge is 0.0680 e. The Morgan fingerprint density at radius 1 is 1.18 bits per heavy atom. The van der Waals surface area contributed by atoms with Crippen LogP contribution in [0, 0.1) is 27.7 Å². The van der Waals surface area contributed by atoms with Crippen LogP contribution in [0.4, 0.5) is 0 Å². The van der Waals surface area contributed by atoms with E-state index in [1.807, 2.05) is 11.6 Å². The van der Waals surface area contributed by atoms with Crippen LogP contribution in [0.1, 0.15) is 28.1 Å². The van der Waals surface area contributed by atoms with Gasteiger partial charge >= 0.3 is 0 Å². The van der Waals surface area contributed by atoms with Crippen molar-refractivity contribution in [1.82, 2.24) is 9.78 Å². The third-order valence-corrected chi connectivity index (χ3v) is 3.43. The molecule has 1 aromatic carbocycles. The maximum Gasteiger partial charge on any atom is 0.0680 e. The minimum atomic E-state index is 0.516. The molecule has 0 aliphatic rings. The first-order chi connectivity index (χ1) is 8.04. The van der Waals surface area contributed by atoms with Gasteiger partial charge in [-0.2, -0.15) is 5.10 Å². The van der Waals surface area contributed by atoms with Gasteiger partial charge in [0.2, 0.25) is 0 Å². The standard InChI is InChI=1S/C14H17ClN2/c1-9-5-6-10(2)14(7-9)17-12(4)13(8-15)11(3)16-17/h5-7H,8H2,1-4H3. The highest BCUT2D eigenvalue weighted by Gasteiger charge is 2.13. The van der Waals surface area contributed by atoms with Gasteiger partial charge in [0.1, 0.15) is 0 Å². The SMILES string of the molecule is Cc1ccc(C)c(-n2nc(C)c(CCl)c2C)c1. The van der Waals surface area contributed by atoms with Gasteiger partial charge in [-0.25, -0.2) is 4.68 Å². The van der Waals surface area contributed by atoms with Crippen molar-refractivity contribution in [3.05, 3.63) is 46.3 Å². The monoisotopic (exact) mass is 248 g/mol. The van der Waals surface area contributed by atoms with Crippen LogP contribution in [0.5, 0.6) is 0 Å². The van der Waals surface area contributed by atoms with E-state index in [-0.39, 0.29) is 0 Å². The van der Waals surface area contributed by atoms with E-state index < -0.39 is 0 Å². The molecule has 2 aromatic rings. The third kappa shape index (κ3) is 2.09. The zero-order valence-electron chi connectivity index (χ0n) is 10.7. The van der Waals surface area contributed by atoms with Crippen LogP contribution in [-0.4, -0.2) is 9.78 Å². The molecule has 0 bridgehead atoms. The lowest BCUT2D eigenvalue weighted by Gasteiger charge is -2.09.